The van der Waals surface area contributed by atoms with Crippen LogP contribution in [0.5, 0.6) is 0 Å². The van der Waals surface area contributed by atoms with E-state index >= 15 is 0 Å². The van der Waals surface area contributed by atoms with E-state index in [-0.39, 0.29) is 18.2 Å². The second-order valence-corrected chi connectivity index (χ2v) is 9.27. The van der Waals surface area contributed by atoms with Crippen LogP contribution in [0.2, 0.25) is 0 Å². The summed E-state index contributed by atoms with van der Waals surface area (Å²) in [6.07, 6.45) is 6.50. The molecule has 2 heterocycles. The van der Waals surface area contributed by atoms with Crippen molar-refractivity contribution in [3.05, 3.63) is 34.9 Å². The fraction of sp³-hybridized carbons (Fsp3) is 0.538. The molecule has 3 aliphatic rings. The molecule has 9 nitrogen and oxygen atoms in total. The first kappa shape index (κ1) is 24.9. The number of hydrogen-bond acceptors (Lipinski definition) is 6. The van der Waals surface area contributed by atoms with Crippen molar-refractivity contribution in [1.29, 1.82) is 0 Å². The summed E-state index contributed by atoms with van der Waals surface area (Å²) in [5.41, 5.74) is 2.22. The number of hydrogen-bond donors (Lipinski definition) is 3. The minimum Gasteiger partial charge on any atom is -0.369 e. The number of nitrogens with one attached hydrogen (secondary N) is 3. The lowest BCUT2D eigenvalue weighted by Gasteiger charge is -2.29. The molecule has 9 heteroatoms. The third kappa shape index (κ3) is 6.47. The van der Waals surface area contributed by atoms with Gasteiger partial charge in [-0.1, -0.05) is 11.8 Å². The predicted molar refractivity (Wildman–Crippen MR) is 128 cm³/mol. The molecule has 0 bridgehead atoms. The monoisotopic (exact) mass is 480 g/mol. The Morgan fingerprint density at radius 2 is 1.91 bits per heavy atom. The van der Waals surface area contributed by atoms with Gasteiger partial charge in [0.1, 0.15) is 12.6 Å². The Morgan fingerprint density at radius 3 is 2.69 bits per heavy atom. The zero-order valence-corrected chi connectivity index (χ0v) is 19.8. The van der Waals surface area contributed by atoms with Crippen LogP contribution in [0.4, 0.5) is 0 Å². The lowest BCUT2D eigenvalue weighted by Crippen LogP contribution is -2.52. The van der Waals surface area contributed by atoms with Crippen molar-refractivity contribution in [3.8, 4) is 11.8 Å². The number of imide groups is 1. The van der Waals surface area contributed by atoms with Gasteiger partial charge in [0, 0.05) is 42.8 Å². The van der Waals surface area contributed by atoms with Crippen LogP contribution in [-0.2, 0) is 25.7 Å². The predicted octanol–water partition coefficient (Wildman–Crippen LogP) is 0.853. The Bertz CT molecular complexity index is 1020. The highest BCUT2D eigenvalue weighted by Gasteiger charge is 2.39. The van der Waals surface area contributed by atoms with E-state index in [1.54, 1.807) is 12.1 Å². The molecule has 1 aromatic carbocycles. The number of ether oxygens (including phenoxy) is 1. The van der Waals surface area contributed by atoms with Crippen LogP contribution in [0, 0.1) is 11.8 Å². The van der Waals surface area contributed by atoms with Crippen molar-refractivity contribution in [3.63, 3.8) is 0 Å². The summed E-state index contributed by atoms with van der Waals surface area (Å²) < 4.78 is 5.62. The number of carbonyl (C=O) groups is 4. The van der Waals surface area contributed by atoms with E-state index in [4.69, 9.17) is 4.74 Å². The smallest absolute Gasteiger partial charge is 0.255 e. The van der Waals surface area contributed by atoms with Gasteiger partial charge in [-0.2, -0.15) is 0 Å². The SMILES string of the molecule is O=CNC1CCC(NCCCOCC#Cc2ccc3c(c2)CN(C2CCC(=O)NC2=O)C3=O)CC1. The van der Waals surface area contributed by atoms with Gasteiger partial charge in [0.05, 0.1) is 0 Å². The molecule has 1 saturated carbocycles. The fourth-order valence-electron chi connectivity index (χ4n) is 4.95. The van der Waals surface area contributed by atoms with Crippen molar-refractivity contribution in [1.82, 2.24) is 20.9 Å². The number of nitrogens with zero attached hydrogens (tertiary/aromatic N) is 1. The van der Waals surface area contributed by atoms with Gasteiger partial charge in [-0.15, -0.1) is 0 Å². The molecule has 0 aromatic heterocycles. The molecule has 1 aromatic rings. The van der Waals surface area contributed by atoms with Crippen LogP contribution < -0.4 is 16.0 Å². The summed E-state index contributed by atoms with van der Waals surface area (Å²) in [7, 11) is 0. The molecule has 1 atom stereocenters. The number of piperidine rings is 1. The van der Waals surface area contributed by atoms with E-state index in [0.29, 0.717) is 43.8 Å². The zero-order chi connectivity index (χ0) is 24.6. The molecule has 186 valence electrons. The Hall–Kier alpha value is -3.22. The lowest BCUT2D eigenvalue weighted by atomic mass is 9.91. The largest absolute Gasteiger partial charge is 0.369 e. The normalized spacial score (nSPS) is 23.8. The van der Waals surface area contributed by atoms with E-state index in [1.165, 1.54) is 4.90 Å². The molecule has 3 N–H and O–H groups in total. The van der Waals surface area contributed by atoms with E-state index in [2.05, 4.69) is 27.8 Å². The van der Waals surface area contributed by atoms with E-state index in [9.17, 15) is 19.2 Å². The fourth-order valence-corrected chi connectivity index (χ4v) is 4.95. The van der Waals surface area contributed by atoms with E-state index in [0.717, 1.165) is 56.2 Å². The van der Waals surface area contributed by atoms with E-state index in [1.807, 2.05) is 6.07 Å². The summed E-state index contributed by atoms with van der Waals surface area (Å²) in [6, 6.07) is 5.67. The first-order valence-corrected chi connectivity index (χ1v) is 12.3. The molecular weight excluding hydrogens is 448 g/mol. The summed E-state index contributed by atoms with van der Waals surface area (Å²) in [5, 5.41) is 8.73. The highest BCUT2D eigenvalue weighted by Crippen LogP contribution is 2.28. The quantitative estimate of drug-likeness (QED) is 0.209. The van der Waals surface area contributed by atoms with Crippen LogP contribution in [0.1, 0.15) is 66.4 Å². The third-order valence-corrected chi connectivity index (χ3v) is 6.86. The van der Waals surface area contributed by atoms with Gasteiger partial charge >= 0.3 is 0 Å². The van der Waals surface area contributed by atoms with E-state index < -0.39 is 11.9 Å². The second-order valence-electron chi connectivity index (χ2n) is 9.27. The highest BCUT2D eigenvalue weighted by atomic mass is 16.5. The van der Waals surface area contributed by atoms with Gasteiger partial charge in [-0.25, -0.2) is 0 Å². The second kappa shape index (κ2) is 12.0. The minimum atomic E-state index is -0.612. The average Bonchev–Trinajstić information content (AvgIpc) is 3.17. The summed E-state index contributed by atoms with van der Waals surface area (Å²) in [5.74, 6) is 5.21. The number of carbonyl (C=O) groups excluding carboxylic acids is 4. The standard InChI is InChI=1S/C26H32N4O5/c31-17-28-21-7-5-20(6-8-21)27-12-2-14-35-13-1-3-18-4-9-22-19(15-18)16-30(26(22)34)23-10-11-24(32)29-25(23)33/h4,9,15,17,20-21,23,27H,2,5-8,10-14,16H2,(H,28,31)(H,29,32,33). The zero-order valence-electron chi connectivity index (χ0n) is 19.8. The van der Waals surface area contributed by atoms with Crippen molar-refractivity contribution < 1.29 is 23.9 Å². The Labute approximate surface area is 205 Å². The molecule has 1 unspecified atom stereocenters. The van der Waals surface area contributed by atoms with Crippen LogP contribution in [-0.4, -0.2) is 66.9 Å². The summed E-state index contributed by atoms with van der Waals surface area (Å²) >= 11 is 0. The maximum absolute atomic E-state index is 12.7. The van der Waals surface area contributed by atoms with Crippen LogP contribution in [0.15, 0.2) is 18.2 Å². The molecule has 0 spiro atoms. The van der Waals surface area contributed by atoms with Crippen molar-refractivity contribution in [2.45, 2.75) is 69.6 Å². The molecule has 1 aliphatic carbocycles. The van der Waals surface area contributed by atoms with Gasteiger partial charge < -0.3 is 20.3 Å². The number of benzene rings is 1. The number of amides is 4. The first-order valence-electron chi connectivity index (χ1n) is 12.3. The Morgan fingerprint density at radius 1 is 1.11 bits per heavy atom. The number of fused-ring (bicyclic) bond motifs is 1. The Kier molecular flexibility index (Phi) is 8.50. The molecule has 0 radical (unpaired) electrons. The van der Waals surface area contributed by atoms with Crippen LogP contribution in [0.25, 0.3) is 0 Å². The summed E-state index contributed by atoms with van der Waals surface area (Å²) in [6.45, 7) is 2.20. The van der Waals surface area contributed by atoms with Crippen molar-refractivity contribution >= 4 is 24.1 Å². The first-order chi connectivity index (χ1) is 17.0. The Balaban J connectivity index is 1.15. The lowest BCUT2D eigenvalue weighted by molar-refractivity contribution is -0.136. The number of rotatable bonds is 9. The highest BCUT2D eigenvalue weighted by molar-refractivity contribution is 6.05. The summed E-state index contributed by atoms with van der Waals surface area (Å²) in [4.78, 5) is 48.3. The molecule has 35 heavy (non-hydrogen) atoms. The van der Waals surface area contributed by atoms with Crippen LogP contribution in [0.3, 0.4) is 0 Å². The van der Waals surface area contributed by atoms with Gasteiger partial charge in [-0.3, -0.25) is 24.5 Å². The minimum absolute atomic E-state index is 0.184. The van der Waals surface area contributed by atoms with Crippen LogP contribution >= 0.6 is 0 Å². The van der Waals surface area contributed by atoms with Gasteiger partial charge in [0.15, 0.2) is 0 Å². The molecule has 2 aliphatic heterocycles. The average molecular weight is 481 g/mol. The molecule has 4 rings (SSSR count). The van der Waals surface area contributed by atoms with Crippen molar-refractivity contribution in [2.75, 3.05) is 19.8 Å². The molecule has 4 amide bonds. The van der Waals surface area contributed by atoms with Gasteiger partial charge in [0.25, 0.3) is 5.91 Å². The van der Waals surface area contributed by atoms with Gasteiger partial charge in [-0.05, 0) is 68.8 Å². The topological polar surface area (TPSA) is 117 Å². The van der Waals surface area contributed by atoms with Crippen molar-refractivity contribution in [2.24, 2.45) is 0 Å². The molecular formula is C26H32N4O5. The maximum Gasteiger partial charge on any atom is 0.255 e. The van der Waals surface area contributed by atoms with Gasteiger partial charge in [0.2, 0.25) is 18.2 Å². The maximum atomic E-state index is 12.7. The molecule has 2 fully saturated rings. The third-order valence-electron chi connectivity index (χ3n) is 6.86. The molecule has 1 saturated heterocycles.